The van der Waals surface area contributed by atoms with E-state index in [2.05, 4.69) is 4.90 Å². The third-order valence-electron chi connectivity index (χ3n) is 4.66. The first-order valence-corrected chi connectivity index (χ1v) is 7.41. The van der Waals surface area contributed by atoms with E-state index in [-0.39, 0.29) is 0 Å². The molecule has 3 rings (SSSR count). The van der Waals surface area contributed by atoms with Crippen LogP contribution in [0.3, 0.4) is 0 Å². The lowest BCUT2D eigenvalue weighted by Gasteiger charge is -2.33. The zero-order valence-electron chi connectivity index (χ0n) is 12.0. The molecule has 3 fully saturated rings. The lowest BCUT2D eigenvalue weighted by atomic mass is 9.93. The van der Waals surface area contributed by atoms with Gasteiger partial charge < -0.3 is 14.7 Å². The number of carboxylic acids is 1. The van der Waals surface area contributed by atoms with Gasteiger partial charge in [0.05, 0.1) is 6.61 Å². The highest BCUT2D eigenvalue weighted by molar-refractivity contribution is 5.73. The number of rotatable bonds is 2. The maximum Gasteiger partial charge on any atom is 0.490 e. The van der Waals surface area contributed by atoms with E-state index < -0.39 is 12.1 Å². The van der Waals surface area contributed by atoms with Gasteiger partial charge in [0, 0.05) is 13.2 Å². The van der Waals surface area contributed by atoms with Crippen molar-refractivity contribution in [3.63, 3.8) is 0 Å². The number of ether oxygens (including phenoxy) is 1. The fraction of sp³-hybridized carbons (Fsp3) is 0.929. The quantitative estimate of drug-likeness (QED) is 0.851. The number of carbonyl (C=O) groups is 1. The number of piperidine rings is 1. The Labute approximate surface area is 122 Å². The molecule has 4 nitrogen and oxygen atoms in total. The summed E-state index contributed by atoms with van der Waals surface area (Å²) in [6, 6.07) is 0. The molecule has 7 heteroatoms. The molecule has 2 heterocycles. The van der Waals surface area contributed by atoms with Gasteiger partial charge in [-0.15, -0.1) is 0 Å². The normalized spacial score (nSPS) is 28.0. The number of aliphatic carboxylic acids is 1. The van der Waals surface area contributed by atoms with Gasteiger partial charge in [-0.2, -0.15) is 13.2 Å². The summed E-state index contributed by atoms with van der Waals surface area (Å²) in [6.07, 6.45) is 2.20. The molecule has 0 bridgehead atoms. The molecule has 1 aliphatic carbocycles. The maximum absolute atomic E-state index is 10.6. The highest BCUT2D eigenvalue weighted by atomic mass is 19.4. The summed E-state index contributed by atoms with van der Waals surface area (Å²) in [6.45, 7) is 6.03. The first-order chi connectivity index (χ1) is 9.81. The number of halogens is 3. The van der Waals surface area contributed by atoms with Crippen LogP contribution in [-0.4, -0.2) is 55.0 Å². The van der Waals surface area contributed by atoms with Crippen LogP contribution in [0.1, 0.15) is 32.1 Å². The van der Waals surface area contributed by atoms with Crippen LogP contribution in [0.5, 0.6) is 0 Å². The van der Waals surface area contributed by atoms with Crippen molar-refractivity contribution in [3.05, 3.63) is 0 Å². The van der Waals surface area contributed by atoms with Crippen molar-refractivity contribution in [1.82, 2.24) is 4.90 Å². The molecular weight excluding hydrogens is 287 g/mol. The fourth-order valence-corrected chi connectivity index (χ4v) is 2.98. The van der Waals surface area contributed by atoms with Crippen LogP contribution in [-0.2, 0) is 9.53 Å². The summed E-state index contributed by atoms with van der Waals surface area (Å²) in [4.78, 5) is 11.6. The molecule has 0 aromatic rings. The zero-order valence-corrected chi connectivity index (χ0v) is 12.0. The Morgan fingerprint density at radius 1 is 1.24 bits per heavy atom. The van der Waals surface area contributed by atoms with E-state index in [9.17, 15) is 13.2 Å². The largest absolute Gasteiger partial charge is 0.490 e. The molecular formula is C14H22F3NO3. The molecule has 1 saturated carbocycles. The Hall–Kier alpha value is -0.820. The summed E-state index contributed by atoms with van der Waals surface area (Å²) >= 11 is 0. The minimum atomic E-state index is -5.08. The molecule has 1 N–H and O–H groups in total. The first-order valence-electron chi connectivity index (χ1n) is 7.41. The van der Waals surface area contributed by atoms with Crippen molar-refractivity contribution in [2.75, 3.05) is 32.8 Å². The predicted octanol–water partition coefficient (Wildman–Crippen LogP) is 2.53. The maximum atomic E-state index is 10.6. The van der Waals surface area contributed by atoms with Crippen molar-refractivity contribution in [2.45, 2.75) is 38.3 Å². The molecule has 1 unspecified atom stereocenters. The number of hydrogen-bond acceptors (Lipinski definition) is 3. The van der Waals surface area contributed by atoms with E-state index in [0.717, 1.165) is 24.5 Å². The van der Waals surface area contributed by atoms with Crippen molar-refractivity contribution >= 4 is 5.97 Å². The van der Waals surface area contributed by atoms with Crippen LogP contribution in [0.15, 0.2) is 0 Å². The Bertz CT molecular complexity index is 353. The number of carboxylic acid groups (broad SMARTS) is 1. The lowest BCUT2D eigenvalue weighted by molar-refractivity contribution is -0.192. The van der Waals surface area contributed by atoms with E-state index in [0.29, 0.717) is 0 Å². The SMILES string of the molecule is C1CC(CN2CCC3(CC2)CC3)CO1.O=C(O)C(F)(F)F. The summed E-state index contributed by atoms with van der Waals surface area (Å²) in [5, 5.41) is 7.12. The third kappa shape index (κ3) is 5.14. The summed E-state index contributed by atoms with van der Waals surface area (Å²) in [7, 11) is 0. The minimum Gasteiger partial charge on any atom is -0.475 e. The van der Waals surface area contributed by atoms with Crippen LogP contribution in [0, 0.1) is 11.3 Å². The Morgan fingerprint density at radius 2 is 1.81 bits per heavy atom. The average Bonchev–Trinajstić information content (AvgIpc) is 2.96. The van der Waals surface area contributed by atoms with Crippen molar-refractivity contribution < 1.29 is 27.8 Å². The van der Waals surface area contributed by atoms with Gasteiger partial charge in [0.2, 0.25) is 0 Å². The molecule has 3 aliphatic rings. The van der Waals surface area contributed by atoms with Crippen LogP contribution in [0.25, 0.3) is 0 Å². The Balaban J connectivity index is 0.000000199. The van der Waals surface area contributed by atoms with Crippen LogP contribution in [0.2, 0.25) is 0 Å². The molecule has 1 atom stereocenters. The highest BCUT2D eigenvalue weighted by Gasteiger charge is 2.44. The first kappa shape index (κ1) is 16.5. The van der Waals surface area contributed by atoms with Crippen LogP contribution >= 0.6 is 0 Å². The molecule has 2 saturated heterocycles. The van der Waals surface area contributed by atoms with E-state index in [1.807, 2.05) is 0 Å². The second kappa shape index (κ2) is 6.52. The zero-order chi connectivity index (χ0) is 15.5. The van der Waals surface area contributed by atoms with Gasteiger partial charge >= 0.3 is 12.1 Å². The topological polar surface area (TPSA) is 49.8 Å². The molecule has 0 amide bonds. The summed E-state index contributed by atoms with van der Waals surface area (Å²) in [5.41, 5.74) is 0.836. The van der Waals surface area contributed by atoms with Gasteiger partial charge in [-0.1, -0.05) is 0 Å². The van der Waals surface area contributed by atoms with Gasteiger partial charge in [-0.25, -0.2) is 4.79 Å². The molecule has 0 aromatic heterocycles. The van der Waals surface area contributed by atoms with Crippen molar-refractivity contribution in [3.8, 4) is 0 Å². The molecule has 21 heavy (non-hydrogen) atoms. The molecule has 0 radical (unpaired) electrons. The van der Waals surface area contributed by atoms with Crippen LogP contribution in [0.4, 0.5) is 13.2 Å². The lowest BCUT2D eigenvalue weighted by Crippen LogP contribution is -2.37. The van der Waals surface area contributed by atoms with Gasteiger partial charge in [-0.3, -0.25) is 0 Å². The second-order valence-corrected chi connectivity index (χ2v) is 6.33. The van der Waals surface area contributed by atoms with Crippen molar-refractivity contribution in [2.24, 2.45) is 11.3 Å². The van der Waals surface area contributed by atoms with Gasteiger partial charge in [0.15, 0.2) is 0 Å². The van der Waals surface area contributed by atoms with Crippen molar-refractivity contribution in [1.29, 1.82) is 0 Å². The van der Waals surface area contributed by atoms with E-state index in [4.69, 9.17) is 14.6 Å². The minimum absolute atomic E-state index is 0.836. The van der Waals surface area contributed by atoms with Gasteiger partial charge in [0.1, 0.15) is 0 Å². The third-order valence-corrected chi connectivity index (χ3v) is 4.66. The second-order valence-electron chi connectivity index (χ2n) is 6.33. The van der Waals surface area contributed by atoms with E-state index in [1.54, 1.807) is 0 Å². The van der Waals surface area contributed by atoms with E-state index >= 15 is 0 Å². The monoisotopic (exact) mass is 309 g/mol. The van der Waals surface area contributed by atoms with Gasteiger partial charge in [0.25, 0.3) is 0 Å². The van der Waals surface area contributed by atoms with E-state index in [1.165, 1.54) is 51.7 Å². The predicted molar refractivity (Wildman–Crippen MR) is 70.0 cm³/mol. The Morgan fingerprint density at radius 3 is 2.19 bits per heavy atom. The number of likely N-dealkylation sites (tertiary alicyclic amines) is 1. The smallest absolute Gasteiger partial charge is 0.475 e. The summed E-state index contributed by atoms with van der Waals surface area (Å²) < 4.78 is 37.2. The number of alkyl halides is 3. The average molecular weight is 309 g/mol. The van der Waals surface area contributed by atoms with Gasteiger partial charge in [-0.05, 0) is 56.5 Å². The number of nitrogens with zero attached hydrogens (tertiary/aromatic N) is 1. The molecule has 0 aromatic carbocycles. The Kier molecular flexibility index (Phi) is 5.14. The molecule has 1 spiro atoms. The summed E-state index contributed by atoms with van der Waals surface area (Å²) in [5.74, 6) is -1.92. The molecule has 2 aliphatic heterocycles. The number of hydrogen-bond donors (Lipinski definition) is 1. The molecule has 122 valence electrons. The fourth-order valence-electron chi connectivity index (χ4n) is 2.98. The van der Waals surface area contributed by atoms with Crippen LogP contribution < -0.4 is 0 Å². The highest BCUT2D eigenvalue weighted by Crippen LogP contribution is 2.53. The standard InChI is InChI=1S/C12H21NO.C2HF3O2/c1-8-14-10-11(1)9-13-6-4-12(2-3-12)5-7-13;3-2(4,5)1(6)7/h11H,1-10H2;(H,6,7).